The molecule has 1 unspecified atom stereocenters. The molecule has 1 heterocycles. The van der Waals surface area contributed by atoms with E-state index in [1.54, 1.807) is 0 Å². The minimum atomic E-state index is -3.24. The molecule has 1 rings (SSSR count). The maximum Gasteiger partial charge on any atom is 0.224 e. The van der Waals surface area contributed by atoms with Gasteiger partial charge in [0.05, 0.1) is 11.7 Å². The zero-order valence-corrected chi connectivity index (χ0v) is 13.3. The molecule has 1 aliphatic rings. The molecule has 1 amide bonds. The Morgan fingerprint density at radius 3 is 2.75 bits per heavy atom. The van der Waals surface area contributed by atoms with Gasteiger partial charge in [0.2, 0.25) is 15.9 Å². The standard InChI is InChI=1S/C13H27N3O3S/c1-11(2)5-9-20(18,19)16-8-3-4-12(10-16)13(17)15-7-6-14/h11-12H,3-10,14H2,1-2H3,(H,15,17). The van der Waals surface area contributed by atoms with Gasteiger partial charge in [0.1, 0.15) is 0 Å². The quantitative estimate of drug-likeness (QED) is 0.700. The van der Waals surface area contributed by atoms with Gasteiger partial charge in [0.25, 0.3) is 0 Å². The van der Waals surface area contributed by atoms with Crippen molar-refractivity contribution in [3.8, 4) is 0 Å². The van der Waals surface area contributed by atoms with Gasteiger partial charge < -0.3 is 11.1 Å². The SMILES string of the molecule is CC(C)CCS(=O)(=O)N1CCCC(C(=O)NCCN)C1. The van der Waals surface area contributed by atoms with Gasteiger partial charge in [-0.2, -0.15) is 0 Å². The number of nitrogens with zero attached hydrogens (tertiary/aromatic N) is 1. The van der Waals surface area contributed by atoms with Gasteiger partial charge in [-0.05, 0) is 25.2 Å². The summed E-state index contributed by atoms with van der Waals surface area (Å²) >= 11 is 0. The molecule has 1 saturated heterocycles. The Hall–Kier alpha value is -0.660. The molecule has 1 fully saturated rings. The van der Waals surface area contributed by atoms with Gasteiger partial charge in [-0.3, -0.25) is 4.79 Å². The average Bonchev–Trinajstić information content (AvgIpc) is 2.43. The number of piperidine rings is 1. The van der Waals surface area contributed by atoms with Crippen molar-refractivity contribution < 1.29 is 13.2 Å². The van der Waals surface area contributed by atoms with Gasteiger partial charge in [-0.15, -0.1) is 0 Å². The first-order valence-electron chi connectivity index (χ1n) is 7.32. The van der Waals surface area contributed by atoms with E-state index in [9.17, 15) is 13.2 Å². The van der Waals surface area contributed by atoms with Gasteiger partial charge in [-0.25, -0.2) is 12.7 Å². The monoisotopic (exact) mass is 305 g/mol. The van der Waals surface area contributed by atoms with E-state index in [1.165, 1.54) is 4.31 Å². The molecule has 3 N–H and O–H groups in total. The Labute approximate surface area is 122 Å². The summed E-state index contributed by atoms with van der Waals surface area (Å²) in [5.74, 6) is 0.198. The van der Waals surface area contributed by atoms with Crippen LogP contribution in [-0.4, -0.2) is 50.6 Å². The van der Waals surface area contributed by atoms with Crippen molar-refractivity contribution in [1.82, 2.24) is 9.62 Å². The molecule has 1 aliphatic heterocycles. The normalized spacial score (nSPS) is 21.1. The number of nitrogens with two attached hydrogens (primary N) is 1. The molecular weight excluding hydrogens is 278 g/mol. The smallest absolute Gasteiger partial charge is 0.224 e. The summed E-state index contributed by atoms with van der Waals surface area (Å²) in [5, 5.41) is 2.74. The fourth-order valence-corrected chi connectivity index (χ4v) is 4.10. The molecule has 0 aromatic heterocycles. The number of hydrogen-bond donors (Lipinski definition) is 2. The molecule has 118 valence electrons. The summed E-state index contributed by atoms with van der Waals surface area (Å²) in [6, 6.07) is 0. The summed E-state index contributed by atoms with van der Waals surface area (Å²) in [5.41, 5.74) is 5.35. The molecule has 0 bridgehead atoms. The number of rotatable bonds is 7. The van der Waals surface area contributed by atoms with Crippen LogP contribution in [0.2, 0.25) is 0 Å². The second-order valence-corrected chi connectivity index (χ2v) is 7.86. The van der Waals surface area contributed by atoms with E-state index in [0.29, 0.717) is 38.5 Å². The fraction of sp³-hybridized carbons (Fsp3) is 0.923. The number of sulfonamides is 1. The molecule has 0 aromatic rings. The third-order valence-corrected chi connectivity index (χ3v) is 5.42. The third-order valence-electron chi connectivity index (χ3n) is 3.55. The Balaban J connectivity index is 2.57. The van der Waals surface area contributed by atoms with Crippen LogP contribution in [-0.2, 0) is 14.8 Å². The van der Waals surface area contributed by atoms with Crippen LogP contribution < -0.4 is 11.1 Å². The molecule has 0 aromatic carbocycles. The van der Waals surface area contributed by atoms with Crippen molar-refractivity contribution in [2.75, 3.05) is 31.9 Å². The van der Waals surface area contributed by atoms with Crippen LogP contribution in [0, 0.1) is 11.8 Å². The van der Waals surface area contributed by atoms with Gasteiger partial charge in [0.15, 0.2) is 0 Å². The van der Waals surface area contributed by atoms with Crippen molar-refractivity contribution >= 4 is 15.9 Å². The summed E-state index contributed by atoms with van der Waals surface area (Å²) in [6.07, 6.45) is 2.14. The lowest BCUT2D eigenvalue weighted by molar-refractivity contribution is -0.126. The van der Waals surface area contributed by atoms with Crippen molar-refractivity contribution in [2.45, 2.75) is 33.1 Å². The fourth-order valence-electron chi connectivity index (χ4n) is 2.26. The van der Waals surface area contributed by atoms with E-state index < -0.39 is 10.0 Å². The van der Waals surface area contributed by atoms with Crippen LogP contribution in [0.3, 0.4) is 0 Å². The topological polar surface area (TPSA) is 92.5 Å². The molecular formula is C13H27N3O3S. The van der Waals surface area contributed by atoms with Crippen LogP contribution in [0.25, 0.3) is 0 Å². The van der Waals surface area contributed by atoms with Crippen molar-refractivity contribution in [3.05, 3.63) is 0 Å². The Morgan fingerprint density at radius 2 is 2.15 bits per heavy atom. The first-order chi connectivity index (χ1) is 9.36. The highest BCUT2D eigenvalue weighted by Gasteiger charge is 2.31. The Morgan fingerprint density at radius 1 is 1.45 bits per heavy atom. The number of carbonyl (C=O) groups excluding carboxylic acids is 1. The minimum Gasteiger partial charge on any atom is -0.355 e. The lowest BCUT2D eigenvalue weighted by atomic mass is 9.99. The number of nitrogens with one attached hydrogen (secondary N) is 1. The van der Waals surface area contributed by atoms with Crippen molar-refractivity contribution in [1.29, 1.82) is 0 Å². The highest BCUT2D eigenvalue weighted by atomic mass is 32.2. The summed E-state index contributed by atoms with van der Waals surface area (Å²) in [4.78, 5) is 11.9. The lowest BCUT2D eigenvalue weighted by Crippen LogP contribution is -2.46. The minimum absolute atomic E-state index is 0.0841. The van der Waals surface area contributed by atoms with E-state index in [4.69, 9.17) is 5.73 Å². The van der Waals surface area contributed by atoms with Crippen molar-refractivity contribution in [3.63, 3.8) is 0 Å². The van der Waals surface area contributed by atoms with Gasteiger partial charge in [0, 0.05) is 26.2 Å². The van der Waals surface area contributed by atoms with Crippen LogP contribution >= 0.6 is 0 Å². The van der Waals surface area contributed by atoms with Crippen LogP contribution in [0.4, 0.5) is 0 Å². The van der Waals surface area contributed by atoms with Crippen molar-refractivity contribution in [2.24, 2.45) is 17.6 Å². The first kappa shape index (κ1) is 17.4. The number of hydrogen-bond acceptors (Lipinski definition) is 4. The van der Waals surface area contributed by atoms with Crippen LogP contribution in [0.5, 0.6) is 0 Å². The molecule has 0 saturated carbocycles. The Kier molecular flexibility index (Phi) is 6.91. The molecule has 1 atom stereocenters. The van der Waals surface area contributed by atoms with E-state index in [-0.39, 0.29) is 17.6 Å². The highest BCUT2D eigenvalue weighted by Crippen LogP contribution is 2.20. The van der Waals surface area contributed by atoms with Gasteiger partial charge >= 0.3 is 0 Å². The number of amides is 1. The maximum atomic E-state index is 12.2. The average molecular weight is 305 g/mol. The van der Waals surface area contributed by atoms with E-state index in [2.05, 4.69) is 5.32 Å². The summed E-state index contributed by atoms with van der Waals surface area (Å²) < 4.78 is 26.0. The zero-order valence-electron chi connectivity index (χ0n) is 12.5. The molecule has 7 heteroatoms. The largest absolute Gasteiger partial charge is 0.355 e. The second-order valence-electron chi connectivity index (χ2n) is 5.78. The Bertz CT molecular complexity index is 409. The summed E-state index contributed by atoms with van der Waals surface area (Å²) in [6.45, 7) is 5.69. The number of carbonyl (C=O) groups is 1. The van der Waals surface area contributed by atoms with Gasteiger partial charge in [-0.1, -0.05) is 13.8 Å². The predicted octanol–water partition coefficient (Wildman–Crippen LogP) is 0.149. The maximum absolute atomic E-state index is 12.2. The second kappa shape index (κ2) is 7.95. The first-order valence-corrected chi connectivity index (χ1v) is 8.93. The molecule has 20 heavy (non-hydrogen) atoms. The van der Waals surface area contributed by atoms with Crippen LogP contribution in [0.15, 0.2) is 0 Å². The van der Waals surface area contributed by atoms with E-state index >= 15 is 0 Å². The highest BCUT2D eigenvalue weighted by molar-refractivity contribution is 7.89. The lowest BCUT2D eigenvalue weighted by Gasteiger charge is -2.31. The molecule has 0 radical (unpaired) electrons. The molecule has 0 aliphatic carbocycles. The zero-order chi connectivity index (χ0) is 15.2. The van der Waals surface area contributed by atoms with E-state index in [0.717, 1.165) is 12.8 Å². The predicted molar refractivity (Wildman–Crippen MR) is 79.6 cm³/mol. The third kappa shape index (κ3) is 5.38. The molecule has 0 spiro atoms. The van der Waals surface area contributed by atoms with E-state index in [1.807, 2.05) is 13.8 Å². The molecule has 6 nitrogen and oxygen atoms in total. The van der Waals surface area contributed by atoms with Crippen LogP contribution in [0.1, 0.15) is 33.1 Å². The summed E-state index contributed by atoms with van der Waals surface area (Å²) in [7, 11) is -3.24.